The number of halogens is 2. The summed E-state index contributed by atoms with van der Waals surface area (Å²) >= 11 is 2.95. The van der Waals surface area contributed by atoms with Crippen LogP contribution >= 0.6 is 22.7 Å². The van der Waals surface area contributed by atoms with Crippen LogP contribution in [-0.2, 0) is 0 Å². The molecule has 0 bridgehead atoms. The molecule has 2 aromatic heterocycles. The fraction of sp³-hybridized carbons (Fsp3) is 0. The molecule has 0 aliphatic carbocycles. The first kappa shape index (κ1) is 11.5. The molecule has 5 heteroatoms. The average Bonchev–Trinajstić information content (AvgIpc) is 2.99. The van der Waals surface area contributed by atoms with E-state index in [9.17, 15) is 8.78 Å². The quantitative estimate of drug-likeness (QED) is 0.655. The minimum atomic E-state index is -0.586. The van der Waals surface area contributed by atoms with Crippen LogP contribution in [-0.4, -0.2) is 4.98 Å². The average molecular weight is 279 g/mol. The summed E-state index contributed by atoms with van der Waals surface area (Å²) < 4.78 is 27.2. The van der Waals surface area contributed by atoms with E-state index in [-0.39, 0.29) is 5.56 Å². The van der Waals surface area contributed by atoms with Crippen molar-refractivity contribution in [3.63, 3.8) is 0 Å². The first-order valence-corrected chi connectivity index (χ1v) is 7.00. The Morgan fingerprint density at radius 3 is 2.44 bits per heavy atom. The number of rotatable bonds is 2. The van der Waals surface area contributed by atoms with Crippen LogP contribution in [0.15, 0.2) is 40.4 Å². The zero-order valence-electron chi connectivity index (χ0n) is 9.06. The summed E-state index contributed by atoms with van der Waals surface area (Å²) in [5, 5.41) is 6.35. The van der Waals surface area contributed by atoms with Gasteiger partial charge in [-0.1, -0.05) is 6.07 Å². The maximum atomic E-state index is 13.6. The fourth-order valence-electron chi connectivity index (χ4n) is 1.65. The number of benzene rings is 1. The molecule has 0 aliphatic rings. The van der Waals surface area contributed by atoms with Crippen molar-refractivity contribution in [1.29, 1.82) is 0 Å². The van der Waals surface area contributed by atoms with Crippen molar-refractivity contribution in [1.82, 2.24) is 4.98 Å². The van der Waals surface area contributed by atoms with E-state index in [1.807, 2.05) is 16.8 Å². The van der Waals surface area contributed by atoms with Gasteiger partial charge in [-0.05, 0) is 23.6 Å². The Labute approximate surface area is 110 Å². The van der Waals surface area contributed by atoms with Gasteiger partial charge in [0.2, 0.25) is 0 Å². The molecule has 1 aromatic carbocycles. The van der Waals surface area contributed by atoms with Crippen molar-refractivity contribution >= 4 is 22.7 Å². The third-order valence-corrected chi connectivity index (χ3v) is 4.07. The van der Waals surface area contributed by atoms with Gasteiger partial charge in [-0.15, -0.1) is 11.3 Å². The lowest BCUT2D eigenvalue weighted by Crippen LogP contribution is -1.89. The lowest BCUT2D eigenvalue weighted by Gasteiger charge is -2.00. The van der Waals surface area contributed by atoms with Gasteiger partial charge in [0.15, 0.2) is 0 Å². The zero-order chi connectivity index (χ0) is 12.5. The second kappa shape index (κ2) is 4.59. The Morgan fingerprint density at radius 2 is 1.78 bits per heavy atom. The Hall–Kier alpha value is -1.59. The van der Waals surface area contributed by atoms with E-state index < -0.39 is 11.6 Å². The highest BCUT2D eigenvalue weighted by atomic mass is 32.1. The molecule has 0 unspecified atom stereocenters. The molecule has 0 spiro atoms. The van der Waals surface area contributed by atoms with E-state index in [2.05, 4.69) is 4.98 Å². The summed E-state index contributed by atoms with van der Waals surface area (Å²) in [4.78, 5) is 4.29. The second-order valence-corrected chi connectivity index (χ2v) is 5.28. The minimum absolute atomic E-state index is 0.0600. The van der Waals surface area contributed by atoms with Crippen molar-refractivity contribution in [3.8, 4) is 21.8 Å². The third kappa shape index (κ3) is 1.95. The molecule has 0 saturated carbocycles. The van der Waals surface area contributed by atoms with Crippen molar-refractivity contribution < 1.29 is 8.78 Å². The highest BCUT2D eigenvalue weighted by Gasteiger charge is 2.14. The number of nitrogens with zero attached hydrogens (tertiary/aromatic N) is 1. The van der Waals surface area contributed by atoms with Crippen LogP contribution in [0.5, 0.6) is 0 Å². The summed E-state index contributed by atoms with van der Waals surface area (Å²) in [6.07, 6.45) is 0. The maximum absolute atomic E-state index is 13.6. The van der Waals surface area contributed by atoms with Gasteiger partial charge in [0.1, 0.15) is 16.6 Å². The maximum Gasteiger partial charge on any atom is 0.135 e. The highest BCUT2D eigenvalue weighted by molar-refractivity contribution is 7.14. The van der Waals surface area contributed by atoms with E-state index in [1.165, 1.54) is 29.5 Å². The monoisotopic (exact) mass is 279 g/mol. The fourth-order valence-corrected chi connectivity index (χ4v) is 3.17. The standard InChI is InChI=1S/C13H7F2NS2/c14-9-2-1-3-10(15)12(9)11-7-18-13(16-11)8-4-5-17-6-8/h1-7H. The van der Waals surface area contributed by atoms with Crippen LogP contribution in [0, 0.1) is 11.6 Å². The van der Waals surface area contributed by atoms with Crippen LogP contribution in [0.25, 0.3) is 21.8 Å². The summed E-state index contributed by atoms with van der Waals surface area (Å²) in [7, 11) is 0. The number of aromatic nitrogens is 1. The Balaban J connectivity index is 2.09. The van der Waals surface area contributed by atoms with E-state index in [1.54, 1.807) is 16.7 Å². The van der Waals surface area contributed by atoms with E-state index in [4.69, 9.17) is 0 Å². The zero-order valence-corrected chi connectivity index (χ0v) is 10.7. The van der Waals surface area contributed by atoms with Crippen LogP contribution in [0.3, 0.4) is 0 Å². The molecule has 0 aliphatic heterocycles. The van der Waals surface area contributed by atoms with Gasteiger partial charge in [0, 0.05) is 16.3 Å². The van der Waals surface area contributed by atoms with Gasteiger partial charge in [-0.3, -0.25) is 0 Å². The van der Waals surface area contributed by atoms with E-state index >= 15 is 0 Å². The third-order valence-electron chi connectivity index (χ3n) is 2.49. The second-order valence-electron chi connectivity index (χ2n) is 3.65. The van der Waals surface area contributed by atoms with Crippen molar-refractivity contribution in [2.75, 3.05) is 0 Å². The first-order chi connectivity index (χ1) is 8.75. The first-order valence-electron chi connectivity index (χ1n) is 5.18. The van der Waals surface area contributed by atoms with Crippen molar-refractivity contribution in [3.05, 3.63) is 52.0 Å². The lowest BCUT2D eigenvalue weighted by molar-refractivity contribution is 0.589. The molecule has 0 amide bonds. The minimum Gasteiger partial charge on any atom is -0.236 e. The van der Waals surface area contributed by atoms with Crippen LogP contribution < -0.4 is 0 Å². The lowest BCUT2D eigenvalue weighted by atomic mass is 10.1. The van der Waals surface area contributed by atoms with Gasteiger partial charge in [-0.2, -0.15) is 11.3 Å². The Morgan fingerprint density at radius 1 is 1.00 bits per heavy atom. The van der Waals surface area contributed by atoms with E-state index in [0.717, 1.165) is 10.6 Å². The van der Waals surface area contributed by atoms with E-state index in [0.29, 0.717) is 5.69 Å². The molecular formula is C13H7F2NS2. The number of hydrogen-bond acceptors (Lipinski definition) is 3. The summed E-state index contributed by atoms with van der Waals surface area (Å²) in [6.45, 7) is 0. The van der Waals surface area contributed by atoms with Crippen molar-refractivity contribution in [2.24, 2.45) is 0 Å². The largest absolute Gasteiger partial charge is 0.236 e. The molecule has 0 radical (unpaired) electrons. The van der Waals surface area contributed by atoms with Gasteiger partial charge in [0.05, 0.1) is 11.3 Å². The normalized spacial score (nSPS) is 10.8. The summed E-state index contributed by atoms with van der Waals surface area (Å²) in [5.74, 6) is -1.17. The molecule has 0 saturated heterocycles. The molecule has 3 aromatic rings. The Bertz CT molecular complexity index is 654. The molecule has 0 atom stereocenters. The molecule has 0 fully saturated rings. The molecule has 0 N–H and O–H groups in total. The smallest absolute Gasteiger partial charge is 0.135 e. The van der Waals surface area contributed by atoms with Crippen LogP contribution in [0.4, 0.5) is 8.78 Å². The van der Waals surface area contributed by atoms with Crippen molar-refractivity contribution in [2.45, 2.75) is 0 Å². The highest BCUT2D eigenvalue weighted by Crippen LogP contribution is 2.32. The molecule has 18 heavy (non-hydrogen) atoms. The topological polar surface area (TPSA) is 12.9 Å². The van der Waals surface area contributed by atoms with Crippen LogP contribution in [0.2, 0.25) is 0 Å². The Kier molecular flexibility index (Phi) is 2.93. The van der Waals surface area contributed by atoms with Gasteiger partial charge in [-0.25, -0.2) is 13.8 Å². The SMILES string of the molecule is Fc1cccc(F)c1-c1csc(-c2ccsc2)n1. The molecule has 2 heterocycles. The number of thiophene rings is 1. The van der Waals surface area contributed by atoms with Gasteiger partial charge >= 0.3 is 0 Å². The number of hydrogen-bond donors (Lipinski definition) is 0. The molecule has 1 nitrogen and oxygen atoms in total. The van der Waals surface area contributed by atoms with Gasteiger partial charge in [0.25, 0.3) is 0 Å². The number of thiazole rings is 1. The predicted octanol–water partition coefficient (Wildman–Crippen LogP) is 4.82. The summed E-state index contributed by atoms with van der Waals surface area (Å²) in [5.41, 5.74) is 1.26. The molecule has 90 valence electrons. The molecular weight excluding hydrogens is 272 g/mol. The predicted molar refractivity (Wildman–Crippen MR) is 70.8 cm³/mol. The molecule has 3 rings (SSSR count). The summed E-state index contributed by atoms with van der Waals surface area (Å²) in [6, 6.07) is 5.76. The van der Waals surface area contributed by atoms with Gasteiger partial charge < -0.3 is 0 Å². The van der Waals surface area contributed by atoms with Crippen LogP contribution in [0.1, 0.15) is 0 Å².